The minimum absolute atomic E-state index is 0.180. The van der Waals surface area contributed by atoms with Crippen LogP contribution < -0.4 is 5.73 Å². The third-order valence-corrected chi connectivity index (χ3v) is 5.22. The second-order valence-corrected chi connectivity index (χ2v) is 6.55. The molecule has 0 amide bonds. The maximum Gasteiger partial charge on any atom is 0.0843 e. The van der Waals surface area contributed by atoms with E-state index in [9.17, 15) is 0 Å². The van der Waals surface area contributed by atoms with E-state index in [0.717, 1.165) is 12.1 Å². The molecule has 3 rings (SSSR count). The molecule has 2 N–H and O–H groups in total. The van der Waals surface area contributed by atoms with E-state index in [2.05, 4.69) is 15.2 Å². The van der Waals surface area contributed by atoms with Crippen molar-refractivity contribution in [2.75, 3.05) is 13.1 Å². The summed E-state index contributed by atoms with van der Waals surface area (Å²) in [6, 6.07) is 0.180. The fraction of sp³-hybridized carbons (Fsp3) is 0.867. The van der Waals surface area contributed by atoms with E-state index in [1.807, 2.05) is 13.2 Å². The molecule has 2 fully saturated rings. The van der Waals surface area contributed by atoms with Gasteiger partial charge in [0.25, 0.3) is 0 Å². The highest BCUT2D eigenvalue weighted by Crippen LogP contribution is 2.39. The molecule has 1 aromatic heterocycles. The summed E-state index contributed by atoms with van der Waals surface area (Å²) < 4.78 is 1.77. The van der Waals surface area contributed by atoms with Gasteiger partial charge in [-0.2, -0.15) is 0 Å². The van der Waals surface area contributed by atoms with Crippen molar-refractivity contribution in [3.63, 3.8) is 0 Å². The summed E-state index contributed by atoms with van der Waals surface area (Å²) in [5.74, 6) is 0. The molecule has 1 unspecified atom stereocenters. The van der Waals surface area contributed by atoms with Gasteiger partial charge in [-0.1, -0.05) is 24.5 Å². The molecule has 0 aromatic carbocycles. The van der Waals surface area contributed by atoms with E-state index in [1.54, 1.807) is 4.68 Å². The Hall–Kier alpha value is -0.940. The average molecular weight is 277 g/mol. The third-order valence-electron chi connectivity index (χ3n) is 5.22. The number of rotatable bonds is 4. The second kappa shape index (κ2) is 5.82. The lowest BCUT2D eigenvalue weighted by atomic mass is 9.83. The minimum atomic E-state index is 0.180. The number of nitrogens with two attached hydrogens (primary N) is 1. The molecule has 112 valence electrons. The monoisotopic (exact) mass is 277 g/mol. The molecular weight excluding hydrogens is 250 g/mol. The quantitative estimate of drug-likeness (QED) is 0.905. The van der Waals surface area contributed by atoms with Crippen LogP contribution in [0.3, 0.4) is 0 Å². The van der Waals surface area contributed by atoms with Crippen LogP contribution in [0, 0.1) is 0 Å². The highest BCUT2D eigenvalue weighted by atomic mass is 15.4. The highest BCUT2D eigenvalue weighted by molar-refractivity contribution is 5.08. The fourth-order valence-corrected chi connectivity index (χ4v) is 4.15. The Kier molecular flexibility index (Phi) is 4.08. The van der Waals surface area contributed by atoms with Gasteiger partial charge in [0, 0.05) is 31.2 Å². The Morgan fingerprint density at radius 3 is 2.50 bits per heavy atom. The summed E-state index contributed by atoms with van der Waals surface area (Å²) in [6.07, 6.45) is 12.1. The first-order chi connectivity index (χ1) is 9.71. The SMILES string of the molecule is Cn1cc(CC(N)C2(N3CCCCC3)CCCC2)nn1. The van der Waals surface area contributed by atoms with E-state index in [1.165, 1.54) is 58.0 Å². The van der Waals surface area contributed by atoms with Gasteiger partial charge in [0.1, 0.15) is 0 Å². The zero-order chi connectivity index (χ0) is 14.0. The summed E-state index contributed by atoms with van der Waals surface area (Å²) in [5, 5.41) is 8.25. The smallest absolute Gasteiger partial charge is 0.0843 e. The maximum atomic E-state index is 6.67. The van der Waals surface area contributed by atoms with Crippen LogP contribution in [-0.4, -0.2) is 44.6 Å². The molecular formula is C15H27N5. The van der Waals surface area contributed by atoms with Crippen molar-refractivity contribution in [3.8, 4) is 0 Å². The van der Waals surface area contributed by atoms with Crippen LogP contribution in [0.5, 0.6) is 0 Å². The van der Waals surface area contributed by atoms with Crippen molar-refractivity contribution < 1.29 is 0 Å². The Bertz CT molecular complexity index is 429. The first-order valence-corrected chi connectivity index (χ1v) is 8.06. The zero-order valence-corrected chi connectivity index (χ0v) is 12.6. The molecule has 1 saturated heterocycles. The van der Waals surface area contributed by atoms with E-state index in [-0.39, 0.29) is 11.6 Å². The van der Waals surface area contributed by atoms with Crippen molar-refractivity contribution in [2.24, 2.45) is 12.8 Å². The lowest BCUT2D eigenvalue weighted by Crippen LogP contribution is -2.60. The summed E-state index contributed by atoms with van der Waals surface area (Å²) in [7, 11) is 1.91. The summed E-state index contributed by atoms with van der Waals surface area (Å²) in [6.45, 7) is 2.46. The molecule has 5 nitrogen and oxygen atoms in total. The van der Waals surface area contributed by atoms with Gasteiger partial charge in [-0.3, -0.25) is 9.58 Å². The fourth-order valence-electron chi connectivity index (χ4n) is 4.15. The molecule has 0 bridgehead atoms. The summed E-state index contributed by atoms with van der Waals surface area (Å²) >= 11 is 0. The first kappa shape index (κ1) is 14.0. The van der Waals surface area contributed by atoms with E-state index in [0.29, 0.717) is 0 Å². The van der Waals surface area contributed by atoms with Crippen LogP contribution in [0.25, 0.3) is 0 Å². The number of likely N-dealkylation sites (tertiary alicyclic amines) is 1. The maximum absolute atomic E-state index is 6.67. The van der Waals surface area contributed by atoms with Crippen LogP contribution in [0.15, 0.2) is 6.20 Å². The third kappa shape index (κ3) is 2.61. The van der Waals surface area contributed by atoms with Gasteiger partial charge in [-0.05, 0) is 38.8 Å². The molecule has 1 aliphatic carbocycles. The average Bonchev–Trinajstić information content (AvgIpc) is 3.10. The van der Waals surface area contributed by atoms with Crippen molar-refractivity contribution in [1.29, 1.82) is 0 Å². The summed E-state index contributed by atoms with van der Waals surface area (Å²) in [4.78, 5) is 2.70. The molecule has 1 atom stereocenters. The van der Waals surface area contributed by atoms with Gasteiger partial charge in [0.2, 0.25) is 0 Å². The van der Waals surface area contributed by atoms with Crippen LogP contribution in [-0.2, 0) is 13.5 Å². The van der Waals surface area contributed by atoms with Crippen LogP contribution in [0.2, 0.25) is 0 Å². The Morgan fingerprint density at radius 1 is 1.20 bits per heavy atom. The molecule has 2 aliphatic rings. The molecule has 5 heteroatoms. The standard InChI is InChI=1S/C15H27N5/c1-19-12-13(17-18-19)11-14(16)15(7-3-4-8-15)20-9-5-2-6-10-20/h12,14H,2-11,16H2,1H3. The van der Waals surface area contributed by atoms with Crippen LogP contribution in [0.4, 0.5) is 0 Å². The largest absolute Gasteiger partial charge is 0.326 e. The molecule has 1 saturated carbocycles. The predicted octanol–water partition coefficient (Wildman–Crippen LogP) is 1.48. The van der Waals surface area contributed by atoms with Crippen LogP contribution in [0.1, 0.15) is 50.6 Å². The molecule has 2 heterocycles. The summed E-state index contributed by atoms with van der Waals surface area (Å²) in [5.41, 5.74) is 7.92. The van der Waals surface area contributed by atoms with Gasteiger partial charge in [-0.25, -0.2) is 0 Å². The van der Waals surface area contributed by atoms with Crippen molar-refractivity contribution in [2.45, 2.75) is 62.9 Å². The van der Waals surface area contributed by atoms with E-state index in [4.69, 9.17) is 5.73 Å². The van der Waals surface area contributed by atoms with Crippen molar-refractivity contribution in [3.05, 3.63) is 11.9 Å². The van der Waals surface area contributed by atoms with Crippen LogP contribution >= 0.6 is 0 Å². The molecule has 0 spiro atoms. The highest BCUT2D eigenvalue weighted by Gasteiger charge is 2.44. The van der Waals surface area contributed by atoms with Gasteiger partial charge in [0.05, 0.1) is 5.69 Å². The molecule has 20 heavy (non-hydrogen) atoms. The van der Waals surface area contributed by atoms with E-state index >= 15 is 0 Å². The van der Waals surface area contributed by atoms with Gasteiger partial charge >= 0.3 is 0 Å². The minimum Gasteiger partial charge on any atom is -0.326 e. The Labute approximate surface area is 121 Å². The van der Waals surface area contributed by atoms with Gasteiger partial charge < -0.3 is 5.73 Å². The Morgan fingerprint density at radius 2 is 1.90 bits per heavy atom. The number of nitrogens with zero attached hydrogens (tertiary/aromatic N) is 4. The number of aryl methyl sites for hydroxylation is 1. The lowest BCUT2D eigenvalue weighted by molar-refractivity contribution is 0.0479. The molecule has 1 aliphatic heterocycles. The van der Waals surface area contributed by atoms with Gasteiger partial charge in [-0.15, -0.1) is 5.10 Å². The lowest BCUT2D eigenvalue weighted by Gasteiger charge is -2.47. The van der Waals surface area contributed by atoms with E-state index < -0.39 is 0 Å². The second-order valence-electron chi connectivity index (χ2n) is 6.55. The number of hydrogen-bond acceptors (Lipinski definition) is 4. The predicted molar refractivity (Wildman–Crippen MR) is 79.3 cm³/mol. The molecule has 0 radical (unpaired) electrons. The topological polar surface area (TPSA) is 60.0 Å². The zero-order valence-electron chi connectivity index (χ0n) is 12.6. The number of piperidine rings is 1. The number of aromatic nitrogens is 3. The normalized spacial score (nSPS) is 24.9. The molecule has 1 aromatic rings. The van der Waals surface area contributed by atoms with Gasteiger partial charge in [0.15, 0.2) is 0 Å². The Balaban J connectivity index is 1.75. The first-order valence-electron chi connectivity index (χ1n) is 8.06. The van der Waals surface area contributed by atoms with Crippen molar-refractivity contribution in [1.82, 2.24) is 19.9 Å². The number of hydrogen-bond donors (Lipinski definition) is 1. The van der Waals surface area contributed by atoms with Crippen molar-refractivity contribution >= 4 is 0 Å².